The van der Waals surface area contributed by atoms with Crippen LogP contribution in [0, 0.1) is 11.3 Å². The van der Waals surface area contributed by atoms with Crippen LogP contribution in [0.5, 0.6) is 0 Å². The van der Waals surface area contributed by atoms with Gasteiger partial charge in [-0.1, -0.05) is 0 Å². The number of rotatable bonds is 19. The number of amides is 5. The van der Waals surface area contributed by atoms with Gasteiger partial charge in [0.05, 0.1) is 43.3 Å². The molecule has 6 N–H and O–H groups in total. The van der Waals surface area contributed by atoms with Crippen molar-refractivity contribution >= 4 is 64.0 Å². The minimum atomic E-state index is -3.21. The van der Waals surface area contributed by atoms with Gasteiger partial charge in [-0.2, -0.15) is 5.26 Å². The van der Waals surface area contributed by atoms with E-state index in [2.05, 4.69) is 20.9 Å². The van der Waals surface area contributed by atoms with Crippen molar-refractivity contribution in [3.8, 4) is 6.07 Å². The first-order valence-corrected chi connectivity index (χ1v) is 19.8. The zero-order valence-corrected chi connectivity index (χ0v) is 35.3. The molecule has 1 radical (unpaired) electrons. The standard InChI is InChI=1S/C39H50F2N10O11.Cu/c1-47(25-2-3-29-28(18-25)27(8-9-43-29)37(60)46-21-34(55)51-24-39(40,41)19-26(51)20-42)33(54)7-6-32(53)45-11-10-44-31(52)5-4-30(38(61)62)50-16-14-48(22-35(56)57)12-13-49(15-17-50)23-36(58)59;/h2-3,8-9,18,26,30H,4-7,10-17,19,21-24H2,1H3,(H,44,52)(H,45,53)(H,46,60)(H,56,57)(H,58,59)(H,61,62);/t26-,30+;/m0./s1/i;1-3. The van der Waals surface area contributed by atoms with Crippen LogP contribution in [-0.2, 0) is 50.6 Å². The molecule has 4 rings (SSSR count). The molecule has 0 spiro atoms. The summed E-state index contributed by atoms with van der Waals surface area (Å²) in [4.78, 5) is 110. The van der Waals surface area contributed by atoms with Gasteiger partial charge in [0, 0.05) is 119 Å². The molecule has 1 aromatic heterocycles. The summed E-state index contributed by atoms with van der Waals surface area (Å²) in [6.45, 7) is -0.761. The summed E-state index contributed by atoms with van der Waals surface area (Å²) in [5.74, 6) is -9.52. The molecule has 24 heteroatoms. The topological polar surface area (TPSA) is 286 Å². The van der Waals surface area contributed by atoms with E-state index in [0.717, 1.165) is 4.90 Å². The maximum Gasteiger partial charge on any atom is 0.320 e. The van der Waals surface area contributed by atoms with E-state index in [1.807, 2.05) is 0 Å². The Bertz CT molecular complexity index is 2030. The largest absolute Gasteiger partial charge is 0.480 e. The number of nitriles is 1. The molecule has 5 amide bonds. The third-order valence-corrected chi connectivity index (χ3v) is 10.4. The van der Waals surface area contributed by atoms with Crippen molar-refractivity contribution in [2.24, 2.45) is 0 Å². The first-order valence-electron chi connectivity index (χ1n) is 19.8. The number of aromatic nitrogens is 1. The Kier molecular flexibility index (Phi) is 19.7. The first kappa shape index (κ1) is 51.5. The predicted octanol–water partition coefficient (Wildman–Crippen LogP) is -0.981. The van der Waals surface area contributed by atoms with Gasteiger partial charge < -0.3 is 41.1 Å². The number of benzene rings is 1. The Morgan fingerprint density at radius 1 is 0.873 bits per heavy atom. The van der Waals surface area contributed by atoms with Crippen LogP contribution in [0.2, 0.25) is 0 Å². The monoisotopic (exact) mass is 933 g/mol. The summed E-state index contributed by atoms with van der Waals surface area (Å²) < 4.78 is 27.6. The summed E-state index contributed by atoms with van der Waals surface area (Å²) in [5.41, 5.74) is 0.820. The Morgan fingerprint density at radius 2 is 1.46 bits per heavy atom. The third kappa shape index (κ3) is 15.8. The Hall–Kier alpha value is -5.86. The van der Waals surface area contributed by atoms with E-state index in [1.165, 1.54) is 30.3 Å². The van der Waals surface area contributed by atoms with Crippen LogP contribution in [-0.4, -0.2) is 191 Å². The number of nitrogens with one attached hydrogen (secondary N) is 3. The smallest absolute Gasteiger partial charge is 0.320 e. The number of carboxylic acid groups (broad SMARTS) is 3. The molecule has 1 aromatic carbocycles. The van der Waals surface area contributed by atoms with Gasteiger partial charge in [-0.05, 0) is 30.7 Å². The summed E-state index contributed by atoms with van der Waals surface area (Å²) in [6, 6.07) is 5.30. The van der Waals surface area contributed by atoms with Gasteiger partial charge in [-0.15, -0.1) is 0 Å². The molecule has 0 saturated carbocycles. The number of aliphatic carboxylic acids is 3. The number of carbonyl (C=O) groups excluding carboxylic acids is 5. The molecule has 0 unspecified atom stereocenters. The molecular formula is C39H50CuF2N10O11. The zero-order chi connectivity index (χ0) is 45.6. The van der Waals surface area contributed by atoms with E-state index in [9.17, 15) is 67.7 Å². The van der Waals surface area contributed by atoms with Gasteiger partial charge in [-0.25, -0.2) is 8.78 Å². The molecule has 2 fully saturated rings. The maximum absolute atomic E-state index is 13.8. The molecule has 0 aliphatic carbocycles. The number of likely N-dealkylation sites (tertiary alicyclic amines) is 1. The van der Waals surface area contributed by atoms with Crippen LogP contribution in [0.3, 0.4) is 0 Å². The summed E-state index contributed by atoms with van der Waals surface area (Å²) in [5, 5.41) is 45.7. The minimum absolute atomic E-state index is 0. The van der Waals surface area contributed by atoms with Crippen LogP contribution in [0.25, 0.3) is 10.9 Å². The number of anilines is 1. The summed E-state index contributed by atoms with van der Waals surface area (Å²) >= 11 is 0. The number of carbonyl (C=O) groups is 8. The van der Waals surface area contributed by atoms with Gasteiger partial charge in [0.1, 0.15) is 12.1 Å². The van der Waals surface area contributed by atoms with Crippen LogP contribution in [0.4, 0.5) is 14.5 Å². The summed E-state index contributed by atoms with van der Waals surface area (Å²) in [6.07, 6.45) is -0.0963. The van der Waals surface area contributed by atoms with Crippen LogP contribution >= 0.6 is 0 Å². The normalized spacial score (nSPS) is 17.4. The number of alkyl halides is 2. The van der Waals surface area contributed by atoms with Gasteiger partial charge in [-0.3, -0.25) is 58.0 Å². The van der Waals surface area contributed by atoms with Gasteiger partial charge in [0.15, 0.2) is 0 Å². The van der Waals surface area contributed by atoms with Gasteiger partial charge >= 0.3 is 17.9 Å². The predicted molar refractivity (Wildman–Crippen MR) is 214 cm³/mol. The number of hydrogen-bond donors (Lipinski definition) is 6. The first-order chi connectivity index (χ1) is 29.4. The van der Waals surface area contributed by atoms with Crippen molar-refractivity contribution in [1.82, 2.24) is 40.5 Å². The molecule has 0 bridgehead atoms. The molecule has 2 atom stereocenters. The second-order valence-corrected chi connectivity index (χ2v) is 14.9. The van der Waals surface area contributed by atoms with Crippen molar-refractivity contribution < 1.29 is 79.5 Å². The van der Waals surface area contributed by atoms with Crippen molar-refractivity contribution in [3.05, 3.63) is 36.0 Å². The van der Waals surface area contributed by atoms with E-state index in [0.29, 0.717) is 16.6 Å². The number of halogens is 2. The number of fused-ring (bicyclic) bond motifs is 1. The zero-order valence-electron chi connectivity index (χ0n) is 34.4. The number of nitrogens with zero attached hydrogens (tertiary/aromatic N) is 7. The Balaban J connectivity index is 0.0000106. The number of hydrogen-bond acceptors (Lipinski definition) is 13. The average Bonchev–Trinajstić information content (AvgIpc) is 3.59. The van der Waals surface area contributed by atoms with E-state index >= 15 is 0 Å². The minimum Gasteiger partial charge on any atom is -0.480 e. The van der Waals surface area contributed by atoms with Gasteiger partial charge in [0.2, 0.25) is 23.6 Å². The van der Waals surface area contributed by atoms with Crippen molar-refractivity contribution in [3.63, 3.8) is 0 Å². The molecule has 347 valence electrons. The van der Waals surface area contributed by atoms with E-state index in [4.69, 9.17) is 0 Å². The van der Waals surface area contributed by atoms with Crippen LogP contribution < -0.4 is 20.9 Å². The molecule has 2 aliphatic rings. The van der Waals surface area contributed by atoms with E-state index in [-0.39, 0.29) is 114 Å². The van der Waals surface area contributed by atoms with Gasteiger partial charge in [0.25, 0.3) is 11.8 Å². The quantitative estimate of drug-likeness (QED) is 0.0729. The Labute approximate surface area is 371 Å². The Morgan fingerprint density at radius 3 is 2.03 bits per heavy atom. The molecule has 2 saturated heterocycles. The number of carboxylic acids is 3. The maximum atomic E-state index is 13.8. The van der Waals surface area contributed by atoms with Crippen molar-refractivity contribution in [2.75, 3.05) is 90.5 Å². The van der Waals surface area contributed by atoms with E-state index < -0.39 is 85.0 Å². The molecule has 2 aliphatic heterocycles. The fourth-order valence-electron chi connectivity index (χ4n) is 7.10. The van der Waals surface area contributed by atoms with Crippen LogP contribution in [0.15, 0.2) is 30.5 Å². The summed E-state index contributed by atoms with van der Waals surface area (Å²) in [7, 11) is 1.47. The second kappa shape index (κ2) is 24.1. The van der Waals surface area contributed by atoms with Crippen LogP contribution in [0.1, 0.15) is 42.5 Å². The second-order valence-electron chi connectivity index (χ2n) is 14.9. The van der Waals surface area contributed by atoms with Crippen molar-refractivity contribution in [1.29, 1.82) is 5.26 Å². The molecule has 3 heterocycles. The number of pyridine rings is 1. The average molecular weight is 934 g/mol. The third-order valence-electron chi connectivity index (χ3n) is 10.4. The molecule has 63 heavy (non-hydrogen) atoms. The molecular weight excluding hydrogens is 883 g/mol. The molecule has 21 nitrogen and oxygen atoms in total. The fourth-order valence-corrected chi connectivity index (χ4v) is 7.10. The SMILES string of the molecule is CN(C(=O)CCC(=O)NCCNC(=O)CC[C@H](C(=O)O)N1CCN(CC(=O)O)CCN(CC(=O)O)CC1)c1ccc2nccc(C(=O)NCC(=O)N3CC(F)(F)C[C@H]3C#N)c2c1.[61Cu]. The molecule has 2 aromatic rings. The fraction of sp³-hybridized carbons (Fsp3) is 0.538. The van der Waals surface area contributed by atoms with Crippen molar-refractivity contribution in [2.45, 2.75) is 50.1 Å². The van der Waals surface area contributed by atoms with E-state index in [1.54, 1.807) is 32.9 Å².